The number of nitrogens with two attached hydrogens (primary N) is 1. The zero-order valence-electron chi connectivity index (χ0n) is 8.05. The summed E-state index contributed by atoms with van der Waals surface area (Å²) in [4.78, 5) is 0. The number of aliphatic hydroxyl groups is 1. The third kappa shape index (κ3) is 1.95. The number of fused-ring (bicyclic) bond motifs is 1. The Morgan fingerprint density at radius 1 is 1.27 bits per heavy atom. The standard InChI is InChI=1S/C10H13NO3.BrH/c11-7-3-1-6-5(9(7)13)2-4-8(12)10(6)14;/h2,4,7,9,12-14H,1,3,11H2;1H/t7-,9+;/m1./s1. The fraction of sp³-hybridized carbons (Fsp3) is 0.400. The lowest BCUT2D eigenvalue weighted by atomic mass is 9.85. The molecule has 0 aromatic heterocycles. The highest BCUT2D eigenvalue weighted by Gasteiger charge is 2.27. The SMILES string of the molecule is Br.N[C@@H]1CCc2c(ccc(O)c2O)[C@@H]1O. The highest BCUT2D eigenvalue weighted by molar-refractivity contribution is 8.93. The third-order valence-electron chi connectivity index (χ3n) is 2.75. The van der Waals surface area contributed by atoms with Crippen LogP contribution in [0.15, 0.2) is 12.1 Å². The number of phenols is 2. The van der Waals surface area contributed by atoms with Crippen LogP contribution < -0.4 is 5.73 Å². The highest BCUT2D eigenvalue weighted by atomic mass is 79.9. The van der Waals surface area contributed by atoms with Crippen LogP contribution in [0.25, 0.3) is 0 Å². The maximum Gasteiger partial charge on any atom is 0.161 e. The minimum atomic E-state index is -0.745. The molecular weight excluding hydrogens is 262 g/mol. The van der Waals surface area contributed by atoms with Gasteiger partial charge < -0.3 is 21.1 Å². The van der Waals surface area contributed by atoms with Crippen LogP contribution in [0.3, 0.4) is 0 Å². The molecule has 1 aliphatic rings. The van der Waals surface area contributed by atoms with Gasteiger partial charge in [0.2, 0.25) is 0 Å². The molecule has 0 aliphatic heterocycles. The Kier molecular flexibility index (Phi) is 3.59. The lowest BCUT2D eigenvalue weighted by molar-refractivity contribution is 0.133. The first-order chi connectivity index (χ1) is 6.61. The van der Waals surface area contributed by atoms with E-state index in [1.54, 1.807) is 6.07 Å². The third-order valence-corrected chi connectivity index (χ3v) is 2.75. The van der Waals surface area contributed by atoms with Crippen LogP contribution in [-0.4, -0.2) is 21.4 Å². The zero-order chi connectivity index (χ0) is 10.3. The molecule has 15 heavy (non-hydrogen) atoms. The van der Waals surface area contributed by atoms with Crippen molar-refractivity contribution in [1.29, 1.82) is 0 Å². The number of hydrogen-bond acceptors (Lipinski definition) is 4. The fourth-order valence-electron chi connectivity index (χ4n) is 1.88. The molecule has 2 atom stereocenters. The van der Waals surface area contributed by atoms with Gasteiger partial charge in [0.05, 0.1) is 6.10 Å². The molecule has 0 saturated carbocycles. The molecule has 1 aromatic rings. The summed E-state index contributed by atoms with van der Waals surface area (Å²) in [7, 11) is 0. The number of rotatable bonds is 0. The Bertz CT molecular complexity index is 370. The molecule has 0 saturated heterocycles. The number of halogens is 1. The van der Waals surface area contributed by atoms with Crippen molar-refractivity contribution in [2.75, 3.05) is 0 Å². The smallest absolute Gasteiger partial charge is 0.161 e. The largest absolute Gasteiger partial charge is 0.504 e. The summed E-state index contributed by atoms with van der Waals surface area (Å²) in [6.07, 6.45) is 0.462. The molecule has 0 heterocycles. The average Bonchev–Trinajstić information content (AvgIpc) is 2.17. The first-order valence-corrected chi connectivity index (χ1v) is 4.58. The predicted octanol–water partition coefficient (Wildman–Crippen LogP) is 0.983. The Hall–Kier alpha value is -0.780. The van der Waals surface area contributed by atoms with Gasteiger partial charge in [-0.2, -0.15) is 0 Å². The Labute approximate surface area is 98.1 Å². The van der Waals surface area contributed by atoms with Gasteiger partial charge >= 0.3 is 0 Å². The van der Waals surface area contributed by atoms with Crippen LogP contribution >= 0.6 is 17.0 Å². The van der Waals surface area contributed by atoms with Crippen LogP contribution in [0.5, 0.6) is 11.5 Å². The molecule has 0 unspecified atom stereocenters. The van der Waals surface area contributed by atoms with Crippen LogP contribution in [0.4, 0.5) is 0 Å². The van der Waals surface area contributed by atoms with E-state index in [1.165, 1.54) is 6.07 Å². The van der Waals surface area contributed by atoms with Gasteiger partial charge in [-0.15, -0.1) is 17.0 Å². The topological polar surface area (TPSA) is 86.7 Å². The van der Waals surface area contributed by atoms with Gasteiger partial charge in [0.1, 0.15) is 0 Å². The molecule has 0 amide bonds. The summed E-state index contributed by atoms with van der Waals surface area (Å²) in [5, 5.41) is 28.5. The van der Waals surface area contributed by atoms with Crippen molar-refractivity contribution in [3.8, 4) is 11.5 Å². The van der Waals surface area contributed by atoms with Crippen molar-refractivity contribution in [2.24, 2.45) is 5.73 Å². The average molecular weight is 276 g/mol. The summed E-state index contributed by atoms with van der Waals surface area (Å²) in [6, 6.07) is 2.69. The van der Waals surface area contributed by atoms with E-state index in [-0.39, 0.29) is 34.5 Å². The molecule has 5 N–H and O–H groups in total. The number of phenolic OH excluding ortho intramolecular Hbond substituents is 2. The van der Waals surface area contributed by atoms with E-state index >= 15 is 0 Å². The van der Waals surface area contributed by atoms with Gasteiger partial charge in [0.15, 0.2) is 11.5 Å². The monoisotopic (exact) mass is 275 g/mol. The number of hydrogen-bond donors (Lipinski definition) is 4. The summed E-state index contributed by atoms with van der Waals surface area (Å²) in [5.41, 5.74) is 6.92. The number of aliphatic hydroxyl groups excluding tert-OH is 1. The van der Waals surface area contributed by atoms with E-state index in [0.29, 0.717) is 24.0 Å². The van der Waals surface area contributed by atoms with E-state index in [1.807, 2.05) is 0 Å². The van der Waals surface area contributed by atoms with E-state index < -0.39 is 6.10 Å². The molecule has 0 radical (unpaired) electrons. The molecule has 2 rings (SSSR count). The van der Waals surface area contributed by atoms with E-state index in [4.69, 9.17) is 5.73 Å². The Balaban J connectivity index is 0.00000112. The van der Waals surface area contributed by atoms with Gasteiger partial charge in [-0.05, 0) is 24.5 Å². The zero-order valence-corrected chi connectivity index (χ0v) is 9.76. The van der Waals surface area contributed by atoms with Gasteiger partial charge in [0, 0.05) is 11.6 Å². The molecule has 4 nitrogen and oxygen atoms in total. The fourth-order valence-corrected chi connectivity index (χ4v) is 1.88. The molecule has 1 aromatic carbocycles. The van der Waals surface area contributed by atoms with E-state index in [2.05, 4.69) is 0 Å². The minimum absolute atomic E-state index is 0. The minimum Gasteiger partial charge on any atom is -0.504 e. The molecule has 84 valence electrons. The van der Waals surface area contributed by atoms with Crippen LogP contribution in [-0.2, 0) is 6.42 Å². The summed E-state index contributed by atoms with van der Waals surface area (Å²) in [6.45, 7) is 0. The summed E-state index contributed by atoms with van der Waals surface area (Å²) < 4.78 is 0. The molecule has 0 fully saturated rings. The predicted molar refractivity (Wildman–Crippen MR) is 61.3 cm³/mol. The number of benzene rings is 1. The maximum atomic E-state index is 9.73. The van der Waals surface area contributed by atoms with Crippen molar-refractivity contribution >= 4 is 17.0 Å². The lowest BCUT2D eigenvalue weighted by Crippen LogP contribution is -2.32. The van der Waals surface area contributed by atoms with Crippen molar-refractivity contribution in [3.05, 3.63) is 23.3 Å². The second-order valence-corrected chi connectivity index (χ2v) is 3.65. The van der Waals surface area contributed by atoms with Crippen LogP contribution in [0.2, 0.25) is 0 Å². The molecule has 0 spiro atoms. The van der Waals surface area contributed by atoms with Crippen molar-refractivity contribution in [1.82, 2.24) is 0 Å². The summed E-state index contributed by atoms with van der Waals surface area (Å²) >= 11 is 0. The first kappa shape index (κ1) is 12.3. The Morgan fingerprint density at radius 3 is 2.60 bits per heavy atom. The van der Waals surface area contributed by atoms with Gasteiger partial charge in [0.25, 0.3) is 0 Å². The second kappa shape index (κ2) is 4.38. The molecule has 0 bridgehead atoms. The van der Waals surface area contributed by atoms with Gasteiger partial charge in [-0.1, -0.05) is 6.07 Å². The maximum absolute atomic E-state index is 9.73. The normalized spacial score (nSPS) is 24.1. The highest BCUT2D eigenvalue weighted by Crippen LogP contribution is 2.39. The molecular formula is C10H14BrNO3. The van der Waals surface area contributed by atoms with E-state index in [9.17, 15) is 15.3 Å². The molecule has 5 heteroatoms. The van der Waals surface area contributed by atoms with Crippen LogP contribution in [0, 0.1) is 0 Å². The Morgan fingerprint density at radius 2 is 1.93 bits per heavy atom. The van der Waals surface area contributed by atoms with Gasteiger partial charge in [-0.3, -0.25) is 0 Å². The van der Waals surface area contributed by atoms with Gasteiger partial charge in [-0.25, -0.2) is 0 Å². The number of aromatic hydroxyl groups is 2. The summed E-state index contributed by atoms with van der Waals surface area (Å²) in [5.74, 6) is -0.278. The van der Waals surface area contributed by atoms with E-state index in [0.717, 1.165) is 0 Å². The second-order valence-electron chi connectivity index (χ2n) is 3.65. The van der Waals surface area contributed by atoms with Crippen LogP contribution in [0.1, 0.15) is 23.7 Å². The van der Waals surface area contributed by atoms with Crippen molar-refractivity contribution in [2.45, 2.75) is 25.0 Å². The lowest BCUT2D eigenvalue weighted by Gasteiger charge is -2.27. The first-order valence-electron chi connectivity index (χ1n) is 4.58. The quantitative estimate of drug-likeness (QED) is 0.532. The molecule has 1 aliphatic carbocycles. The van der Waals surface area contributed by atoms with Crippen molar-refractivity contribution in [3.63, 3.8) is 0 Å². The van der Waals surface area contributed by atoms with Crippen molar-refractivity contribution < 1.29 is 15.3 Å².